The van der Waals surface area contributed by atoms with Crippen molar-refractivity contribution in [2.24, 2.45) is 0 Å². The van der Waals surface area contributed by atoms with Crippen LogP contribution in [0.5, 0.6) is 5.75 Å². The summed E-state index contributed by atoms with van der Waals surface area (Å²) in [5, 5.41) is 11.7. The topological polar surface area (TPSA) is 79.9 Å². The first kappa shape index (κ1) is 17.2. The number of nitrogens with zero attached hydrogens (tertiary/aromatic N) is 3. The molecule has 6 heteroatoms. The van der Waals surface area contributed by atoms with Crippen molar-refractivity contribution in [1.82, 2.24) is 9.55 Å². The summed E-state index contributed by atoms with van der Waals surface area (Å²) in [4.78, 5) is 16.3. The first-order valence-corrected chi connectivity index (χ1v) is 8.16. The van der Waals surface area contributed by atoms with E-state index in [-0.39, 0.29) is 5.91 Å². The summed E-state index contributed by atoms with van der Waals surface area (Å²) in [7, 11) is 0. The lowest BCUT2D eigenvalue weighted by Gasteiger charge is -2.15. The molecular formula is C20H18N4O2. The number of ether oxygens (including phenoxy) is 1. The number of carbonyl (C=O) groups is 1. The molecule has 2 aromatic carbocycles. The van der Waals surface area contributed by atoms with E-state index in [1.807, 2.05) is 41.1 Å². The number of hydrogen-bond acceptors (Lipinski definition) is 4. The van der Waals surface area contributed by atoms with Crippen LogP contribution in [0.3, 0.4) is 0 Å². The lowest BCUT2D eigenvalue weighted by atomic mass is 10.2. The zero-order chi connectivity index (χ0) is 18.4. The summed E-state index contributed by atoms with van der Waals surface area (Å²) in [5.41, 5.74) is 2.30. The predicted molar refractivity (Wildman–Crippen MR) is 97.6 cm³/mol. The van der Waals surface area contributed by atoms with Crippen molar-refractivity contribution < 1.29 is 9.53 Å². The van der Waals surface area contributed by atoms with Crippen LogP contribution in [-0.4, -0.2) is 21.6 Å². The highest BCUT2D eigenvalue weighted by molar-refractivity contribution is 5.94. The molecule has 0 saturated heterocycles. The molecule has 0 saturated carbocycles. The molecule has 3 rings (SSSR count). The van der Waals surface area contributed by atoms with E-state index in [9.17, 15) is 4.79 Å². The Hall–Kier alpha value is -3.59. The van der Waals surface area contributed by atoms with Crippen LogP contribution in [0.25, 0.3) is 0 Å². The third kappa shape index (κ3) is 4.48. The summed E-state index contributed by atoms with van der Waals surface area (Å²) in [6.45, 7) is 2.39. The van der Waals surface area contributed by atoms with Crippen LogP contribution < -0.4 is 10.1 Å². The van der Waals surface area contributed by atoms with E-state index < -0.39 is 6.10 Å². The molecule has 1 atom stereocenters. The molecule has 0 aliphatic rings. The van der Waals surface area contributed by atoms with Gasteiger partial charge < -0.3 is 14.6 Å². The van der Waals surface area contributed by atoms with Gasteiger partial charge in [0.15, 0.2) is 6.10 Å². The average molecular weight is 346 g/mol. The van der Waals surface area contributed by atoms with Crippen LogP contribution in [0.15, 0.2) is 67.3 Å². The molecule has 3 aromatic rings. The second-order valence-electron chi connectivity index (χ2n) is 5.82. The quantitative estimate of drug-likeness (QED) is 0.743. The maximum atomic E-state index is 12.3. The molecular weight excluding hydrogens is 328 g/mol. The van der Waals surface area contributed by atoms with Gasteiger partial charge in [-0.1, -0.05) is 18.2 Å². The Kier molecular flexibility index (Phi) is 5.30. The van der Waals surface area contributed by atoms with Gasteiger partial charge >= 0.3 is 0 Å². The van der Waals surface area contributed by atoms with Crippen molar-refractivity contribution in [3.8, 4) is 11.8 Å². The summed E-state index contributed by atoms with van der Waals surface area (Å²) >= 11 is 0. The van der Waals surface area contributed by atoms with Gasteiger partial charge in [0.1, 0.15) is 5.75 Å². The number of carbonyl (C=O) groups excluding carboxylic acids is 1. The Morgan fingerprint density at radius 1 is 1.31 bits per heavy atom. The monoisotopic (exact) mass is 346 g/mol. The Morgan fingerprint density at radius 3 is 2.81 bits per heavy atom. The highest BCUT2D eigenvalue weighted by atomic mass is 16.5. The number of hydrogen-bond donors (Lipinski definition) is 1. The van der Waals surface area contributed by atoms with Crippen molar-refractivity contribution in [2.45, 2.75) is 19.6 Å². The normalized spacial score (nSPS) is 11.4. The fourth-order valence-electron chi connectivity index (χ4n) is 2.43. The smallest absolute Gasteiger partial charge is 0.265 e. The second kappa shape index (κ2) is 7.99. The van der Waals surface area contributed by atoms with Gasteiger partial charge in [0.25, 0.3) is 5.91 Å². The molecule has 0 fully saturated rings. The van der Waals surface area contributed by atoms with Crippen molar-refractivity contribution in [3.05, 3.63) is 78.4 Å². The van der Waals surface area contributed by atoms with Crippen molar-refractivity contribution in [3.63, 3.8) is 0 Å². The van der Waals surface area contributed by atoms with Gasteiger partial charge in [-0.05, 0) is 42.8 Å². The standard InChI is InChI=1S/C20H18N4O2/c1-15(26-19-4-2-3-17(11-19)12-21)20(25)23-18-7-5-16(6-8-18)13-24-10-9-22-14-24/h2-11,14-15H,13H2,1H3,(H,23,25)/t15-/m1/s1. The molecule has 26 heavy (non-hydrogen) atoms. The number of amides is 1. The number of benzene rings is 2. The molecule has 1 amide bonds. The van der Waals surface area contributed by atoms with Gasteiger partial charge in [-0.15, -0.1) is 0 Å². The van der Waals surface area contributed by atoms with Crippen LogP contribution in [0.2, 0.25) is 0 Å². The van der Waals surface area contributed by atoms with Gasteiger partial charge in [-0.2, -0.15) is 5.26 Å². The molecule has 0 spiro atoms. The Morgan fingerprint density at radius 2 is 2.12 bits per heavy atom. The first-order valence-electron chi connectivity index (χ1n) is 8.16. The highest BCUT2D eigenvalue weighted by Gasteiger charge is 2.15. The molecule has 130 valence electrons. The minimum atomic E-state index is -0.686. The third-order valence-corrected chi connectivity index (χ3v) is 3.79. The highest BCUT2D eigenvalue weighted by Crippen LogP contribution is 2.16. The lowest BCUT2D eigenvalue weighted by Crippen LogP contribution is -2.30. The summed E-state index contributed by atoms with van der Waals surface area (Å²) in [5.74, 6) is 0.233. The van der Waals surface area contributed by atoms with Crippen LogP contribution in [-0.2, 0) is 11.3 Å². The van der Waals surface area contributed by atoms with E-state index in [0.717, 1.165) is 12.1 Å². The first-order chi connectivity index (χ1) is 12.6. The van der Waals surface area contributed by atoms with Crippen molar-refractivity contribution in [2.75, 3.05) is 5.32 Å². The SMILES string of the molecule is C[C@@H](Oc1cccc(C#N)c1)C(=O)Nc1ccc(Cn2ccnc2)cc1. The molecule has 1 N–H and O–H groups in total. The van der Waals surface area contributed by atoms with Gasteiger partial charge in [0, 0.05) is 24.6 Å². The van der Waals surface area contributed by atoms with E-state index in [1.54, 1.807) is 43.7 Å². The second-order valence-corrected chi connectivity index (χ2v) is 5.82. The molecule has 0 bridgehead atoms. The number of aromatic nitrogens is 2. The van der Waals surface area contributed by atoms with Gasteiger partial charge in [0.2, 0.25) is 0 Å². The van der Waals surface area contributed by atoms with Gasteiger partial charge in [0.05, 0.1) is 18.0 Å². The number of nitriles is 1. The minimum Gasteiger partial charge on any atom is -0.481 e. The van der Waals surface area contributed by atoms with Crippen LogP contribution >= 0.6 is 0 Å². The summed E-state index contributed by atoms with van der Waals surface area (Å²) < 4.78 is 7.58. The Labute approximate surface area is 151 Å². The third-order valence-electron chi connectivity index (χ3n) is 3.79. The largest absolute Gasteiger partial charge is 0.481 e. The molecule has 0 aliphatic heterocycles. The Balaban J connectivity index is 1.57. The van der Waals surface area contributed by atoms with E-state index in [4.69, 9.17) is 10.00 Å². The maximum Gasteiger partial charge on any atom is 0.265 e. The molecule has 0 aliphatic carbocycles. The van der Waals surface area contributed by atoms with Gasteiger partial charge in [-0.3, -0.25) is 4.79 Å². The number of anilines is 1. The molecule has 6 nitrogen and oxygen atoms in total. The molecule has 0 unspecified atom stereocenters. The fourth-order valence-corrected chi connectivity index (χ4v) is 2.43. The zero-order valence-corrected chi connectivity index (χ0v) is 14.3. The molecule has 0 radical (unpaired) electrons. The zero-order valence-electron chi connectivity index (χ0n) is 14.3. The van der Waals surface area contributed by atoms with Gasteiger partial charge in [-0.25, -0.2) is 4.98 Å². The summed E-state index contributed by atoms with van der Waals surface area (Å²) in [6, 6.07) is 16.4. The number of imidazole rings is 1. The van der Waals surface area contributed by atoms with Crippen molar-refractivity contribution >= 4 is 11.6 Å². The van der Waals surface area contributed by atoms with E-state index in [1.165, 1.54) is 0 Å². The average Bonchev–Trinajstić information content (AvgIpc) is 3.16. The van der Waals surface area contributed by atoms with E-state index >= 15 is 0 Å². The van der Waals surface area contributed by atoms with Crippen LogP contribution in [0, 0.1) is 11.3 Å². The van der Waals surface area contributed by atoms with Crippen LogP contribution in [0.1, 0.15) is 18.1 Å². The van der Waals surface area contributed by atoms with E-state index in [0.29, 0.717) is 17.0 Å². The predicted octanol–water partition coefficient (Wildman–Crippen LogP) is 3.21. The molecule has 1 aromatic heterocycles. The lowest BCUT2D eigenvalue weighted by molar-refractivity contribution is -0.122. The van der Waals surface area contributed by atoms with Crippen LogP contribution in [0.4, 0.5) is 5.69 Å². The Bertz CT molecular complexity index is 912. The fraction of sp³-hybridized carbons (Fsp3) is 0.150. The number of nitrogens with one attached hydrogen (secondary N) is 1. The van der Waals surface area contributed by atoms with E-state index in [2.05, 4.69) is 10.3 Å². The van der Waals surface area contributed by atoms with Crippen molar-refractivity contribution in [1.29, 1.82) is 5.26 Å². The maximum absolute atomic E-state index is 12.3. The molecule has 1 heterocycles. The number of rotatable bonds is 6. The minimum absolute atomic E-state index is 0.255. The summed E-state index contributed by atoms with van der Waals surface area (Å²) in [6.07, 6.45) is 4.71.